The molecule has 9 heteroatoms. The Morgan fingerprint density at radius 3 is 2.36 bits per heavy atom. The molecule has 1 aromatic carbocycles. The molecule has 6 nitrogen and oxygen atoms in total. The molecular formula is C24H35F3N4O2. The van der Waals surface area contributed by atoms with E-state index >= 15 is 0 Å². The van der Waals surface area contributed by atoms with Gasteiger partial charge in [-0.05, 0) is 75.9 Å². The van der Waals surface area contributed by atoms with Crippen LogP contribution in [0.25, 0.3) is 0 Å². The molecule has 2 saturated heterocycles. The maximum Gasteiger partial charge on any atom is 0.416 e. The molecule has 33 heavy (non-hydrogen) atoms. The monoisotopic (exact) mass is 468 g/mol. The van der Waals surface area contributed by atoms with Crippen LogP contribution < -0.4 is 5.32 Å². The summed E-state index contributed by atoms with van der Waals surface area (Å²) < 4.78 is 39.2. The zero-order valence-corrected chi connectivity index (χ0v) is 19.5. The number of likely N-dealkylation sites (tertiary alicyclic amines) is 2. The first-order chi connectivity index (χ1) is 15.6. The normalized spacial score (nSPS) is 18.9. The number of rotatable bonds is 6. The minimum Gasteiger partial charge on any atom is -0.343 e. The van der Waals surface area contributed by atoms with Crippen LogP contribution in [0.5, 0.6) is 0 Å². The van der Waals surface area contributed by atoms with Gasteiger partial charge in [0.2, 0.25) is 5.91 Å². The van der Waals surface area contributed by atoms with E-state index in [-0.39, 0.29) is 23.7 Å². The van der Waals surface area contributed by atoms with Crippen LogP contribution in [0.15, 0.2) is 24.3 Å². The molecule has 1 aromatic rings. The second-order valence-corrected chi connectivity index (χ2v) is 9.32. The van der Waals surface area contributed by atoms with Crippen molar-refractivity contribution in [2.75, 3.05) is 44.6 Å². The van der Waals surface area contributed by atoms with E-state index in [1.54, 1.807) is 9.80 Å². The van der Waals surface area contributed by atoms with Crippen LogP contribution in [0.1, 0.15) is 51.5 Å². The van der Waals surface area contributed by atoms with Crippen LogP contribution >= 0.6 is 0 Å². The zero-order valence-electron chi connectivity index (χ0n) is 19.5. The Hall–Kier alpha value is -2.29. The molecule has 0 spiro atoms. The largest absolute Gasteiger partial charge is 0.416 e. The van der Waals surface area contributed by atoms with Crippen LogP contribution in [0, 0.1) is 5.92 Å². The maximum absolute atomic E-state index is 13.2. The first kappa shape index (κ1) is 25.3. The van der Waals surface area contributed by atoms with E-state index in [0.717, 1.165) is 44.1 Å². The summed E-state index contributed by atoms with van der Waals surface area (Å²) in [5.41, 5.74) is -0.660. The van der Waals surface area contributed by atoms with E-state index in [9.17, 15) is 22.8 Å². The van der Waals surface area contributed by atoms with Gasteiger partial charge in [-0.25, -0.2) is 4.79 Å². The molecule has 184 valence electrons. The van der Waals surface area contributed by atoms with E-state index in [1.807, 2.05) is 0 Å². The lowest BCUT2D eigenvalue weighted by molar-refractivity contribution is -0.137. The molecule has 0 unspecified atom stereocenters. The summed E-state index contributed by atoms with van der Waals surface area (Å²) in [6.07, 6.45) is 0.0311. The van der Waals surface area contributed by atoms with Gasteiger partial charge >= 0.3 is 12.2 Å². The van der Waals surface area contributed by atoms with Crippen LogP contribution in [-0.2, 0) is 11.0 Å². The minimum atomic E-state index is -4.47. The van der Waals surface area contributed by atoms with Crippen LogP contribution in [-0.4, -0.2) is 71.9 Å². The third kappa shape index (κ3) is 7.35. The third-order valence-corrected chi connectivity index (χ3v) is 6.80. The maximum atomic E-state index is 13.2. The summed E-state index contributed by atoms with van der Waals surface area (Å²) in [6.45, 7) is 8.52. The van der Waals surface area contributed by atoms with Crippen molar-refractivity contribution in [1.82, 2.24) is 14.7 Å². The van der Waals surface area contributed by atoms with Gasteiger partial charge in [0.15, 0.2) is 0 Å². The first-order valence-electron chi connectivity index (χ1n) is 11.9. The summed E-state index contributed by atoms with van der Waals surface area (Å²) in [7, 11) is 0. The van der Waals surface area contributed by atoms with Gasteiger partial charge < -0.3 is 20.0 Å². The Morgan fingerprint density at radius 2 is 1.76 bits per heavy atom. The molecule has 0 aromatic heterocycles. The molecule has 2 aliphatic rings. The van der Waals surface area contributed by atoms with Crippen molar-refractivity contribution in [3.05, 3.63) is 29.8 Å². The average molecular weight is 469 g/mol. The number of nitrogens with zero attached hydrogens (tertiary/aromatic N) is 3. The van der Waals surface area contributed by atoms with Crippen molar-refractivity contribution in [3.63, 3.8) is 0 Å². The van der Waals surface area contributed by atoms with Crippen molar-refractivity contribution in [2.24, 2.45) is 5.92 Å². The van der Waals surface area contributed by atoms with Crippen LogP contribution in [0.4, 0.5) is 23.7 Å². The number of benzene rings is 1. The van der Waals surface area contributed by atoms with Crippen LogP contribution in [0.3, 0.4) is 0 Å². The summed E-state index contributed by atoms with van der Waals surface area (Å²) in [5, 5.41) is 2.67. The van der Waals surface area contributed by atoms with Gasteiger partial charge in [-0.1, -0.05) is 13.0 Å². The highest BCUT2D eigenvalue weighted by atomic mass is 19.4. The number of urea groups is 1. The standard InChI is InChI=1S/C24H35F3N4O2/c1-18-7-13-29(14-8-18)11-4-12-31(22-9-15-30(16-10-22)19(2)32)23(33)28-21-6-3-5-20(17-21)24(25,26)27/h3,5-6,17-18,22H,4,7-16H2,1-2H3,(H,28,33). The number of alkyl halides is 3. The van der Waals surface area contributed by atoms with E-state index in [1.165, 1.54) is 31.9 Å². The SMILES string of the molecule is CC(=O)N1CCC(N(CCCN2CCC(C)CC2)C(=O)Nc2cccc(C(F)(F)F)c2)CC1. The number of anilines is 1. The number of amides is 3. The molecule has 0 aliphatic carbocycles. The predicted molar refractivity (Wildman–Crippen MR) is 122 cm³/mol. The number of halogens is 3. The predicted octanol–water partition coefficient (Wildman–Crippen LogP) is 4.67. The summed E-state index contributed by atoms with van der Waals surface area (Å²) >= 11 is 0. The molecule has 0 atom stereocenters. The number of hydrogen-bond acceptors (Lipinski definition) is 3. The highest BCUT2D eigenvalue weighted by Gasteiger charge is 2.32. The molecule has 0 saturated carbocycles. The average Bonchev–Trinajstić information content (AvgIpc) is 2.77. The fourth-order valence-electron chi connectivity index (χ4n) is 4.66. The summed E-state index contributed by atoms with van der Waals surface area (Å²) in [6, 6.07) is 4.29. The number of piperidine rings is 2. The van der Waals surface area contributed by atoms with Gasteiger partial charge in [-0.15, -0.1) is 0 Å². The highest BCUT2D eigenvalue weighted by molar-refractivity contribution is 5.89. The number of carbonyl (C=O) groups is 2. The van der Waals surface area contributed by atoms with Crippen molar-refractivity contribution >= 4 is 17.6 Å². The molecule has 2 aliphatic heterocycles. The lowest BCUT2D eigenvalue weighted by Gasteiger charge is -2.39. The summed E-state index contributed by atoms with van der Waals surface area (Å²) in [4.78, 5) is 30.8. The van der Waals surface area contributed by atoms with Crippen molar-refractivity contribution in [1.29, 1.82) is 0 Å². The fourth-order valence-corrected chi connectivity index (χ4v) is 4.66. The van der Waals surface area contributed by atoms with E-state index < -0.39 is 11.7 Å². The Kier molecular flexibility index (Phi) is 8.62. The topological polar surface area (TPSA) is 55.9 Å². The summed E-state index contributed by atoms with van der Waals surface area (Å²) in [5.74, 6) is 0.773. The molecule has 3 rings (SSSR count). The van der Waals surface area contributed by atoms with Gasteiger partial charge in [0.05, 0.1) is 5.56 Å². The highest BCUT2D eigenvalue weighted by Crippen LogP contribution is 2.31. The van der Waals surface area contributed by atoms with Crippen molar-refractivity contribution in [2.45, 2.75) is 58.2 Å². The number of nitrogens with one attached hydrogen (secondary N) is 1. The van der Waals surface area contributed by atoms with Crippen molar-refractivity contribution < 1.29 is 22.8 Å². The first-order valence-corrected chi connectivity index (χ1v) is 11.9. The van der Waals surface area contributed by atoms with Gasteiger partial charge in [-0.3, -0.25) is 4.79 Å². The lowest BCUT2D eigenvalue weighted by Crippen LogP contribution is -2.50. The van der Waals surface area contributed by atoms with E-state index in [2.05, 4.69) is 17.1 Å². The second-order valence-electron chi connectivity index (χ2n) is 9.32. The molecule has 0 radical (unpaired) electrons. The number of hydrogen-bond donors (Lipinski definition) is 1. The van der Waals surface area contributed by atoms with Crippen LogP contribution in [0.2, 0.25) is 0 Å². The lowest BCUT2D eigenvalue weighted by atomic mass is 9.99. The Balaban J connectivity index is 1.64. The third-order valence-electron chi connectivity index (χ3n) is 6.80. The second kappa shape index (κ2) is 11.2. The van der Waals surface area contributed by atoms with E-state index in [4.69, 9.17) is 0 Å². The number of carbonyl (C=O) groups excluding carboxylic acids is 2. The Morgan fingerprint density at radius 1 is 1.09 bits per heavy atom. The molecular weight excluding hydrogens is 433 g/mol. The molecule has 0 bridgehead atoms. The van der Waals surface area contributed by atoms with Crippen molar-refractivity contribution in [3.8, 4) is 0 Å². The molecule has 1 N–H and O–H groups in total. The fraction of sp³-hybridized carbons (Fsp3) is 0.667. The van der Waals surface area contributed by atoms with Gasteiger partial charge in [-0.2, -0.15) is 13.2 Å². The zero-order chi connectivity index (χ0) is 24.0. The van der Waals surface area contributed by atoms with Gasteiger partial charge in [0, 0.05) is 38.3 Å². The van der Waals surface area contributed by atoms with E-state index in [0.29, 0.717) is 32.5 Å². The smallest absolute Gasteiger partial charge is 0.343 e. The Bertz CT molecular complexity index is 801. The Labute approximate surface area is 194 Å². The molecule has 3 amide bonds. The quantitative estimate of drug-likeness (QED) is 0.660. The molecule has 2 heterocycles. The minimum absolute atomic E-state index is 0.0211. The molecule has 2 fully saturated rings. The van der Waals surface area contributed by atoms with Gasteiger partial charge in [0.1, 0.15) is 0 Å². The van der Waals surface area contributed by atoms with Gasteiger partial charge in [0.25, 0.3) is 0 Å².